The number of pyridine rings is 1. The summed E-state index contributed by atoms with van der Waals surface area (Å²) in [6.45, 7) is 1.79. The van der Waals surface area contributed by atoms with Gasteiger partial charge in [0.25, 0.3) is 5.91 Å². The van der Waals surface area contributed by atoms with Crippen molar-refractivity contribution >= 4 is 23.1 Å². The van der Waals surface area contributed by atoms with Gasteiger partial charge in [0.1, 0.15) is 11.6 Å². The highest BCUT2D eigenvalue weighted by Gasteiger charge is 2.46. The third-order valence-electron chi connectivity index (χ3n) is 6.56. The fourth-order valence-electron chi connectivity index (χ4n) is 5.08. The zero-order chi connectivity index (χ0) is 23.7. The van der Waals surface area contributed by atoms with Crippen LogP contribution in [-0.4, -0.2) is 22.4 Å². The lowest BCUT2D eigenvalue weighted by molar-refractivity contribution is -0.122. The van der Waals surface area contributed by atoms with Gasteiger partial charge < -0.3 is 5.32 Å². The Morgan fingerprint density at radius 3 is 2.50 bits per heavy atom. The molecule has 5 nitrogen and oxygen atoms in total. The number of carbonyl (C=O) groups excluding carboxylic acids is 2. The molecule has 1 fully saturated rings. The van der Waals surface area contributed by atoms with Crippen molar-refractivity contribution in [3.63, 3.8) is 0 Å². The summed E-state index contributed by atoms with van der Waals surface area (Å²) >= 11 is 0. The second-order valence-electron chi connectivity index (χ2n) is 8.76. The molecule has 0 bridgehead atoms. The highest BCUT2D eigenvalue weighted by Crippen LogP contribution is 2.45. The normalized spacial score (nSPS) is 22.1. The van der Waals surface area contributed by atoms with Crippen molar-refractivity contribution in [2.75, 3.05) is 5.32 Å². The predicted octanol–water partition coefficient (Wildman–Crippen LogP) is 5.43. The third-order valence-corrected chi connectivity index (χ3v) is 6.56. The number of rotatable bonds is 4. The number of allylic oxidation sites excluding steroid dienone is 1. The molecule has 0 saturated heterocycles. The summed E-state index contributed by atoms with van der Waals surface area (Å²) in [6, 6.07) is 21.2. The zero-order valence-corrected chi connectivity index (χ0v) is 18.7. The van der Waals surface area contributed by atoms with Gasteiger partial charge >= 0.3 is 0 Å². The SMILES string of the molecule is CC1=C(C(=O)Nc2cccc(F)c2)[C@H](c2ccccn2)[C@@H]2C(=O)C[C@@H](c3ccccc3)CC2=N1. The average molecular weight is 454 g/mol. The van der Waals surface area contributed by atoms with Gasteiger partial charge in [-0.25, -0.2) is 4.39 Å². The number of nitrogens with zero attached hydrogens (tertiary/aromatic N) is 2. The van der Waals surface area contributed by atoms with Crippen LogP contribution in [0.1, 0.15) is 42.9 Å². The maximum absolute atomic E-state index is 13.7. The van der Waals surface area contributed by atoms with Gasteiger partial charge in [-0.1, -0.05) is 42.5 Å². The predicted molar refractivity (Wildman–Crippen MR) is 129 cm³/mol. The Morgan fingerprint density at radius 1 is 0.971 bits per heavy atom. The molecule has 1 aromatic heterocycles. The smallest absolute Gasteiger partial charge is 0.254 e. The first-order chi connectivity index (χ1) is 16.5. The fourth-order valence-corrected chi connectivity index (χ4v) is 5.08. The number of Topliss-reactive ketones (excluding diaryl/α,β-unsaturated/α-hetero) is 1. The molecule has 1 N–H and O–H groups in total. The van der Waals surface area contributed by atoms with Crippen molar-refractivity contribution in [1.29, 1.82) is 0 Å². The van der Waals surface area contributed by atoms with E-state index in [9.17, 15) is 14.0 Å². The van der Waals surface area contributed by atoms with Gasteiger partial charge in [0.05, 0.1) is 5.92 Å². The number of amides is 1. The second-order valence-corrected chi connectivity index (χ2v) is 8.76. The highest BCUT2D eigenvalue weighted by atomic mass is 19.1. The molecule has 2 aliphatic rings. The van der Waals surface area contributed by atoms with E-state index < -0.39 is 23.6 Å². The molecular weight excluding hydrogens is 429 g/mol. The molecule has 6 heteroatoms. The minimum Gasteiger partial charge on any atom is -0.322 e. The van der Waals surface area contributed by atoms with Crippen LogP contribution < -0.4 is 5.32 Å². The molecule has 3 aromatic rings. The van der Waals surface area contributed by atoms with Crippen LogP contribution >= 0.6 is 0 Å². The molecular formula is C28H24FN3O2. The first-order valence-corrected chi connectivity index (χ1v) is 11.3. The van der Waals surface area contributed by atoms with Crippen LogP contribution in [0.2, 0.25) is 0 Å². The van der Waals surface area contributed by atoms with E-state index in [0.29, 0.717) is 35.5 Å². The molecule has 1 amide bonds. The van der Waals surface area contributed by atoms with E-state index in [0.717, 1.165) is 11.3 Å². The summed E-state index contributed by atoms with van der Waals surface area (Å²) in [5, 5.41) is 2.78. The van der Waals surface area contributed by atoms with Gasteiger partial charge in [0, 0.05) is 46.9 Å². The Labute approximate surface area is 197 Å². The topological polar surface area (TPSA) is 71.4 Å². The summed E-state index contributed by atoms with van der Waals surface area (Å²) in [6.07, 6.45) is 2.70. The molecule has 170 valence electrons. The molecule has 2 aromatic carbocycles. The van der Waals surface area contributed by atoms with Crippen molar-refractivity contribution in [1.82, 2.24) is 4.98 Å². The van der Waals surface area contributed by atoms with E-state index >= 15 is 0 Å². The number of benzene rings is 2. The van der Waals surface area contributed by atoms with Gasteiger partial charge in [-0.2, -0.15) is 0 Å². The summed E-state index contributed by atoms with van der Waals surface area (Å²) in [4.78, 5) is 36.3. The zero-order valence-electron chi connectivity index (χ0n) is 18.7. The van der Waals surface area contributed by atoms with Gasteiger partial charge in [0.15, 0.2) is 0 Å². The minimum absolute atomic E-state index is 0.0538. The number of halogens is 1. The maximum atomic E-state index is 13.7. The lowest BCUT2D eigenvalue weighted by atomic mass is 9.67. The van der Waals surface area contributed by atoms with Crippen molar-refractivity contribution in [2.45, 2.75) is 31.6 Å². The van der Waals surface area contributed by atoms with Crippen LogP contribution in [0.25, 0.3) is 0 Å². The van der Waals surface area contributed by atoms with Crippen LogP contribution in [0, 0.1) is 11.7 Å². The van der Waals surface area contributed by atoms with E-state index in [2.05, 4.69) is 10.3 Å². The van der Waals surface area contributed by atoms with Crippen LogP contribution in [-0.2, 0) is 9.59 Å². The fraction of sp³-hybridized carbons (Fsp3) is 0.214. The molecule has 34 heavy (non-hydrogen) atoms. The van der Waals surface area contributed by atoms with Crippen LogP contribution in [0.4, 0.5) is 10.1 Å². The number of anilines is 1. The van der Waals surface area contributed by atoms with Crippen molar-refractivity contribution < 1.29 is 14.0 Å². The van der Waals surface area contributed by atoms with Gasteiger partial charge in [-0.05, 0) is 55.2 Å². The molecule has 0 spiro atoms. The Balaban J connectivity index is 1.56. The number of aliphatic imine (C=N–C) groups is 1. The third kappa shape index (κ3) is 4.19. The number of fused-ring (bicyclic) bond motifs is 1. The Bertz CT molecular complexity index is 1300. The van der Waals surface area contributed by atoms with Crippen molar-refractivity contribution in [3.05, 3.63) is 107 Å². The van der Waals surface area contributed by atoms with Crippen molar-refractivity contribution in [2.24, 2.45) is 10.9 Å². The molecule has 3 atom stereocenters. The van der Waals surface area contributed by atoms with E-state index in [1.165, 1.54) is 18.2 Å². The molecule has 5 rings (SSSR count). The molecule has 0 radical (unpaired) electrons. The first-order valence-electron chi connectivity index (χ1n) is 11.3. The molecule has 1 aliphatic heterocycles. The highest BCUT2D eigenvalue weighted by molar-refractivity contribution is 6.14. The number of aromatic nitrogens is 1. The maximum Gasteiger partial charge on any atom is 0.254 e. The summed E-state index contributed by atoms with van der Waals surface area (Å²) in [7, 11) is 0. The molecule has 0 unspecified atom stereocenters. The monoisotopic (exact) mass is 453 g/mol. The number of ketones is 1. The van der Waals surface area contributed by atoms with Gasteiger partial charge in [-0.3, -0.25) is 19.6 Å². The number of hydrogen-bond donors (Lipinski definition) is 1. The molecule has 1 saturated carbocycles. The van der Waals surface area contributed by atoms with Crippen LogP contribution in [0.3, 0.4) is 0 Å². The quantitative estimate of drug-likeness (QED) is 0.572. The van der Waals surface area contributed by atoms with E-state index in [1.54, 1.807) is 25.3 Å². The lowest BCUT2D eigenvalue weighted by Crippen LogP contribution is -2.42. The van der Waals surface area contributed by atoms with E-state index in [1.807, 2.05) is 42.5 Å². The summed E-state index contributed by atoms with van der Waals surface area (Å²) in [5.74, 6) is -1.83. The summed E-state index contributed by atoms with van der Waals surface area (Å²) < 4.78 is 13.7. The van der Waals surface area contributed by atoms with E-state index in [-0.39, 0.29) is 11.7 Å². The summed E-state index contributed by atoms with van der Waals surface area (Å²) in [5.41, 5.74) is 3.85. The Hall–Kier alpha value is -3.93. The van der Waals surface area contributed by atoms with Crippen LogP contribution in [0.15, 0.2) is 95.3 Å². The molecule has 2 heterocycles. The number of nitrogens with one attached hydrogen (secondary N) is 1. The van der Waals surface area contributed by atoms with Gasteiger partial charge in [0.2, 0.25) is 0 Å². The Morgan fingerprint density at radius 2 is 1.76 bits per heavy atom. The average Bonchev–Trinajstić information content (AvgIpc) is 2.84. The van der Waals surface area contributed by atoms with Gasteiger partial charge in [-0.15, -0.1) is 0 Å². The molecule has 1 aliphatic carbocycles. The van der Waals surface area contributed by atoms with E-state index in [4.69, 9.17) is 4.99 Å². The minimum atomic E-state index is -0.550. The first kappa shape index (κ1) is 21.9. The second kappa shape index (κ2) is 9.14. The number of carbonyl (C=O) groups is 2. The van der Waals surface area contributed by atoms with Crippen LogP contribution in [0.5, 0.6) is 0 Å². The largest absolute Gasteiger partial charge is 0.322 e. The van der Waals surface area contributed by atoms with Crippen molar-refractivity contribution in [3.8, 4) is 0 Å². The lowest BCUT2D eigenvalue weighted by Gasteiger charge is -2.38. The standard InChI is InChI=1S/C28H24FN3O2/c1-17-25(28(34)32-21-11-7-10-20(29)16-21)27(22-12-5-6-13-30-22)26-23(31-17)14-19(15-24(26)33)18-8-3-2-4-9-18/h2-13,16,19,26-27H,14-15H2,1H3,(H,32,34)/t19-,26-,27-/m0/s1. The Kier molecular flexibility index (Phi) is 5.88. The number of hydrogen-bond acceptors (Lipinski definition) is 4.